The molecule has 5 rings (SSSR count). The van der Waals surface area contributed by atoms with Gasteiger partial charge in [0, 0.05) is 35.6 Å². The Labute approximate surface area is 193 Å². The quantitative estimate of drug-likeness (QED) is 0.573. The van der Waals surface area contributed by atoms with E-state index in [1.807, 2.05) is 24.3 Å². The molecular formula is C27H29N3O3. The Morgan fingerprint density at radius 2 is 1.88 bits per heavy atom. The predicted octanol–water partition coefficient (Wildman–Crippen LogP) is 4.50. The van der Waals surface area contributed by atoms with Crippen LogP contribution >= 0.6 is 0 Å². The van der Waals surface area contributed by atoms with Crippen molar-refractivity contribution < 1.29 is 14.3 Å². The molecule has 0 saturated carbocycles. The third-order valence-electron chi connectivity index (χ3n) is 6.44. The predicted molar refractivity (Wildman–Crippen MR) is 131 cm³/mol. The molecule has 6 nitrogen and oxygen atoms in total. The minimum Gasteiger partial charge on any atom is -0.378 e. The van der Waals surface area contributed by atoms with Gasteiger partial charge in [-0.1, -0.05) is 32.9 Å². The largest absolute Gasteiger partial charge is 0.378 e. The number of carbonyl (C=O) groups excluding carboxylic acids is 2. The van der Waals surface area contributed by atoms with Crippen LogP contribution in [0, 0.1) is 0 Å². The van der Waals surface area contributed by atoms with E-state index < -0.39 is 0 Å². The Morgan fingerprint density at radius 1 is 1.09 bits per heavy atom. The standard InChI is InChI=1S/C27H29N3O3/c1-27(2,3)18-6-8-22-19(15-18)20-16-24(31)28-23-7-4-17(14-21(23)26(20)29-22)5-9-25(32)30-10-12-33-13-11-30/h4-9,14-15,29H,10-13,16H2,1-3H3,(H,28,31)/b9-5+. The summed E-state index contributed by atoms with van der Waals surface area (Å²) in [6.07, 6.45) is 3.77. The third kappa shape index (κ3) is 4.18. The molecule has 33 heavy (non-hydrogen) atoms. The molecular weight excluding hydrogens is 414 g/mol. The van der Waals surface area contributed by atoms with Crippen molar-refractivity contribution in [2.24, 2.45) is 0 Å². The van der Waals surface area contributed by atoms with Crippen molar-refractivity contribution in [1.29, 1.82) is 0 Å². The lowest BCUT2D eigenvalue weighted by Gasteiger charge is -2.25. The van der Waals surface area contributed by atoms with E-state index >= 15 is 0 Å². The van der Waals surface area contributed by atoms with Crippen LogP contribution in [0.3, 0.4) is 0 Å². The van der Waals surface area contributed by atoms with Crippen molar-refractivity contribution >= 4 is 34.5 Å². The molecule has 2 aliphatic heterocycles. The highest BCUT2D eigenvalue weighted by Gasteiger charge is 2.24. The molecule has 1 fully saturated rings. The van der Waals surface area contributed by atoms with Crippen LogP contribution in [0.1, 0.15) is 37.5 Å². The minimum absolute atomic E-state index is 0.0115. The Hall–Kier alpha value is -3.38. The minimum atomic E-state index is -0.0251. The molecule has 6 heteroatoms. The number of nitrogens with zero attached hydrogens (tertiary/aromatic N) is 1. The van der Waals surface area contributed by atoms with Crippen LogP contribution in [-0.2, 0) is 26.2 Å². The molecule has 0 radical (unpaired) electrons. The first-order valence-electron chi connectivity index (χ1n) is 11.4. The van der Waals surface area contributed by atoms with Gasteiger partial charge >= 0.3 is 0 Å². The number of anilines is 1. The Bertz CT molecular complexity index is 1270. The number of aromatic nitrogens is 1. The van der Waals surface area contributed by atoms with E-state index in [0.29, 0.717) is 32.7 Å². The van der Waals surface area contributed by atoms with E-state index in [0.717, 1.165) is 39.0 Å². The van der Waals surface area contributed by atoms with Crippen LogP contribution in [-0.4, -0.2) is 48.0 Å². The zero-order valence-corrected chi connectivity index (χ0v) is 19.3. The number of fused-ring (bicyclic) bond motifs is 5. The molecule has 3 aromatic rings. The first-order valence-corrected chi connectivity index (χ1v) is 11.4. The van der Waals surface area contributed by atoms with Crippen molar-refractivity contribution in [3.05, 3.63) is 59.2 Å². The van der Waals surface area contributed by atoms with Crippen LogP contribution in [0.2, 0.25) is 0 Å². The summed E-state index contributed by atoms with van der Waals surface area (Å²) in [6.45, 7) is 8.98. The Morgan fingerprint density at radius 3 is 2.64 bits per heavy atom. The van der Waals surface area contributed by atoms with Gasteiger partial charge in [0.2, 0.25) is 11.8 Å². The van der Waals surface area contributed by atoms with Gasteiger partial charge in [-0.15, -0.1) is 0 Å². The smallest absolute Gasteiger partial charge is 0.246 e. The number of morpholine rings is 1. The van der Waals surface area contributed by atoms with E-state index in [1.165, 1.54) is 5.56 Å². The van der Waals surface area contributed by atoms with Gasteiger partial charge in [-0.25, -0.2) is 0 Å². The number of H-pyrrole nitrogens is 1. The summed E-state index contributed by atoms with van der Waals surface area (Å²) < 4.78 is 5.32. The summed E-state index contributed by atoms with van der Waals surface area (Å²) in [5.41, 5.74) is 6.87. The fourth-order valence-corrected chi connectivity index (χ4v) is 4.52. The molecule has 0 atom stereocenters. The molecule has 0 bridgehead atoms. The van der Waals surface area contributed by atoms with Gasteiger partial charge in [-0.05, 0) is 52.4 Å². The molecule has 2 amide bonds. The van der Waals surface area contributed by atoms with Crippen LogP contribution in [0.15, 0.2) is 42.5 Å². The molecule has 0 aliphatic carbocycles. The second kappa shape index (κ2) is 8.19. The number of rotatable bonds is 2. The average molecular weight is 444 g/mol. The zero-order chi connectivity index (χ0) is 23.2. The molecule has 1 aromatic heterocycles. The van der Waals surface area contributed by atoms with Crippen LogP contribution in [0.25, 0.3) is 28.2 Å². The van der Waals surface area contributed by atoms with Crippen molar-refractivity contribution in [2.75, 3.05) is 31.6 Å². The fraction of sp³-hybridized carbons (Fsp3) is 0.333. The van der Waals surface area contributed by atoms with Gasteiger partial charge < -0.3 is 19.9 Å². The van der Waals surface area contributed by atoms with Crippen LogP contribution in [0.4, 0.5) is 5.69 Å². The highest BCUT2D eigenvalue weighted by Crippen LogP contribution is 2.39. The number of aromatic amines is 1. The Balaban J connectivity index is 1.54. The SMILES string of the molecule is CC(C)(C)c1ccc2[nH]c3c(c2c1)CC(=O)Nc1ccc(/C=C/C(=O)N2CCOCC2)cc1-3. The van der Waals surface area contributed by atoms with Crippen molar-refractivity contribution in [1.82, 2.24) is 9.88 Å². The lowest BCUT2D eigenvalue weighted by Crippen LogP contribution is -2.39. The van der Waals surface area contributed by atoms with Gasteiger partial charge in [0.25, 0.3) is 0 Å². The zero-order valence-electron chi connectivity index (χ0n) is 19.3. The maximum Gasteiger partial charge on any atom is 0.246 e. The molecule has 0 spiro atoms. The van der Waals surface area contributed by atoms with Gasteiger partial charge in [0.15, 0.2) is 0 Å². The molecule has 2 N–H and O–H groups in total. The third-order valence-corrected chi connectivity index (χ3v) is 6.44. The highest BCUT2D eigenvalue weighted by molar-refractivity contribution is 6.05. The second-order valence-corrected chi connectivity index (χ2v) is 9.79. The van der Waals surface area contributed by atoms with Crippen molar-refractivity contribution in [3.63, 3.8) is 0 Å². The van der Waals surface area contributed by atoms with Crippen molar-refractivity contribution in [2.45, 2.75) is 32.6 Å². The highest BCUT2D eigenvalue weighted by atomic mass is 16.5. The van der Waals surface area contributed by atoms with Gasteiger partial charge in [0.05, 0.1) is 31.0 Å². The molecule has 1 saturated heterocycles. The topological polar surface area (TPSA) is 74.4 Å². The van der Waals surface area contributed by atoms with E-state index in [-0.39, 0.29) is 17.2 Å². The number of ether oxygens (including phenoxy) is 1. The van der Waals surface area contributed by atoms with E-state index in [2.05, 4.69) is 49.3 Å². The molecule has 170 valence electrons. The number of amides is 2. The lowest BCUT2D eigenvalue weighted by atomic mass is 9.86. The normalized spacial score (nSPS) is 16.5. The molecule has 2 aliphatic rings. The maximum absolute atomic E-state index is 12.7. The first-order chi connectivity index (χ1) is 15.8. The molecule has 0 unspecified atom stereocenters. The molecule has 2 aromatic carbocycles. The van der Waals surface area contributed by atoms with E-state index in [4.69, 9.17) is 4.74 Å². The molecule has 3 heterocycles. The maximum atomic E-state index is 12.7. The lowest BCUT2D eigenvalue weighted by molar-refractivity contribution is -0.129. The fourth-order valence-electron chi connectivity index (χ4n) is 4.52. The van der Waals surface area contributed by atoms with Crippen LogP contribution < -0.4 is 5.32 Å². The van der Waals surface area contributed by atoms with E-state index in [1.54, 1.807) is 11.0 Å². The number of hydrogen-bond donors (Lipinski definition) is 2. The average Bonchev–Trinajstić information content (AvgIpc) is 3.08. The summed E-state index contributed by atoms with van der Waals surface area (Å²) >= 11 is 0. The van der Waals surface area contributed by atoms with Crippen molar-refractivity contribution in [3.8, 4) is 11.3 Å². The van der Waals surface area contributed by atoms with Gasteiger partial charge in [-0.2, -0.15) is 0 Å². The van der Waals surface area contributed by atoms with Crippen LogP contribution in [0.5, 0.6) is 0 Å². The van der Waals surface area contributed by atoms with Gasteiger partial charge in [-0.3, -0.25) is 9.59 Å². The monoisotopic (exact) mass is 443 g/mol. The number of hydrogen-bond acceptors (Lipinski definition) is 3. The summed E-state index contributed by atoms with van der Waals surface area (Å²) in [5.74, 6) is -0.0367. The number of benzene rings is 2. The Kier molecular flexibility index (Phi) is 5.33. The van der Waals surface area contributed by atoms with Gasteiger partial charge in [0.1, 0.15) is 0 Å². The first kappa shape index (κ1) is 21.5. The van der Waals surface area contributed by atoms with E-state index in [9.17, 15) is 9.59 Å². The summed E-state index contributed by atoms with van der Waals surface area (Å²) in [6, 6.07) is 12.3. The second-order valence-electron chi connectivity index (χ2n) is 9.79. The number of nitrogens with one attached hydrogen (secondary N) is 2. The summed E-state index contributed by atoms with van der Waals surface area (Å²) in [5, 5.41) is 4.12. The summed E-state index contributed by atoms with van der Waals surface area (Å²) in [7, 11) is 0. The summed E-state index contributed by atoms with van der Waals surface area (Å²) in [4.78, 5) is 30.6. The number of carbonyl (C=O) groups is 2.